The summed E-state index contributed by atoms with van der Waals surface area (Å²) < 4.78 is 0. The van der Waals surface area contributed by atoms with E-state index >= 15 is 0 Å². The Hall–Kier alpha value is -0.830. The van der Waals surface area contributed by atoms with E-state index in [1.807, 2.05) is 6.92 Å². The second kappa shape index (κ2) is 14.2. The fourth-order valence-corrected chi connectivity index (χ4v) is 0.903. The minimum atomic E-state index is -0.400. The molecule has 0 bridgehead atoms. The van der Waals surface area contributed by atoms with Crippen LogP contribution in [0.4, 0.5) is 0 Å². The maximum Gasteiger partial charge on any atom is 0.244 e. The van der Waals surface area contributed by atoms with E-state index in [2.05, 4.69) is 25.7 Å². The molecule has 0 spiro atoms. The first-order valence-electron chi connectivity index (χ1n) is 6.28. The fourth-order valence-electron chi connectivity index (χ4n) is 0.903. The average Bonchev–Trinajstić information content (AvgIpc) is 2.28. The Labute approximate surface area is 100 Å². The van der Waals surface area contributed by atoms with Crippen LogP contribution in [0.1, 0.15) is 52.9 Å². The molecule has 0 saturated heterocycles. The van der Waals surface area contributed by atoms with E-state index in [1.54, 1.807) is 0 Å². The molecule has 0 unspecified atom stereocenters. The Morgan fingerprint density at radius 2 is 1.56 bits per heavy atom. The molecule has 3 N–H and O–H groups in total. The summed E-state index contributed by atoms with van der Waals surface area (Å²) >= 11 is 0. The first-order valence-corrected chi connectivity index (χ1v) is 6.28. The number of rotatable bonds is 8. The van der Waals surface area contributed by atoms with Gasteiger partial charge in [-0.1, -0.05) is 40.2 Å². The third-order valence-corrected chi connectivity index (χ3v) is 2.19. The van der Waals surface area contributed by atoms with E-state index in [9.17, 15) is 4.79 Å². The van der Waals surface area contributed by atoms with Gasteiger partial charge in [-0.05, 0) is 32.4 Å². The molecular weight excluding hydrogens is 200 g/mol. The van der Waals surface area contributed by atoms with E-state index in [4.69, 9.17) is 5.73 Å². The summed E-state index contributed by atoms with van der Waals surface area (Å²) in [5.74, 6) is -0.400. The summed E-state index contributed by atoms with van der Waals surface area (Å²) in [5, 5.41) is 3.39. The van der Waals surface area contributed by atoms with E-state index in [-0.39, 0.29) is 0 Å². The van der Waals surface area contributed by atoms with E-state index in [0.29, 0.717) is 12.0 Å². The largest absolute Gasteiger partial charge is 0.366 e. The molecule has 0 aliphatic carbocycles. The van der Waals surface area contributed by atoms with Crippen molar-refractivity contribution in [3.05, 3.63) is 12.2 Å². The van der Waals surface area contributed by atoms with Crippen LogP contribution in [-0.2, 0) is 4.79 Å². The van der Waals surface area contributed by atoms with Gasteiger partial charge < -0.3 is 11.1 Å². The van der Waals surface area contributed by atoms with Crippen LogP contribution in [-0.4, -0.2) is 19.0 Å². The van der Waals surface area contributed by atoms with Crippen molar-refractivity contribution in [1.29, 1.82) is 0 Å². The topological polar surface area (TPSA) is 55.1 Å². The lowest BCUT2D eigenvalue weighted by atomic mass is 10.2. The minimum Gasteiger partial charge on any atom is -0.366 e. The lowest BCUT2D eigenvalue weighted by Gasteiger charge is -1.99. The maximum atomic E-state index is 10.1. The number of primary amides is 1. The molecule has 0 aromatic heterocycles. The third-order valence-electron chi connectivity index (χ3n) is 2.19. The van der Waals surface area contributed by atoms with Gasteiger partial charge in [0.2, 0.25) is 5.91 Å². The Kier molecular flexibility index (Phi) is 15.6. The first kappa shape index (κ1) is 17.6. The summed E-state index contributed by atoms with van der Waals surface area (Å²) in [4.78, 5) is 10.1. The highest BCUT2D eigenvalue weighted by atomic mass is 16.1. The molecule has 0 aromatic carbocycles. The highest BCUT2D eigenvalue weighted by Gasteiger charge is 1.93. The van der Waals surface area contributed by atoms with Gasteiger partial charge in [0.25, 0.3) is 0 Å². The molecule has 3 heteroatoms. The molecule has 0 fully saturated rings. The van der Waals surface area contributed by atoms with Gasteiger partial charge in [-0.15, -0.1) is 0 Å². The molecule has 16 heavy (non-hydrogen) atoms. The van der Waals surface area contributed by atoms with Gasteiger partial charge in [0.05, 0.1) is 0 Å². The average molecular weight is 228 g/mol. The number of amides is 1. The summed E-state index contributed by atoms with van der Waals surface area (Å²) in [5.41, 5.74) is 5.29. The summed E-state index contributed by atoms with van der Waals surface area (Å²) in [6, 6.07) is 0. The van der Waals surface area contributed by atoms with E-state index in [0.717, 1.165) is 0 Å². The van der Waals surface area contributed by atoms with Crippen LogP contribution >= 0.6 is 0 Å². The van der Waals surface area contributed by atoms with Crippen LogP contribution < -0.4 is 11.1 Å². The number of carbonyl (C=O) groups is 1. The van der Waals surface area contributed by atoms with E-state index in [1.165, 1.54) is 38.8 Å². The lowest BCUT2D eigenvalue weighted by Crippen LogP contribution is -2.15. The number of hydrogen-bond donors (Lipinski definition) is 2. The molecule has 0 aliphatic rings. The van der Waals surface area contributed by atoms with Gasteiger partial charge in [-0.25, -0.2) is 0 Å². The third kappa shape index (κ3) is 15.6. The monoisotopic (exact) mass is 228 g/mol. The van der Waals surface area contributed by atoms with Gasteiger partial charge in [0.1, 0.15) is 0 Å². The highest BCUT2D eigenvalue weighted by Crippen LogP contribution is 1.91. The van der Waals surface area contributed by atoms with Crippen molar-refractivity contribution >= 4 is 5.91 Å². The standard InChI is InChI=1S/C8H19N.C5H9NO/c1-3-5-7-9-8-6-4-2;1-3-4(2)5(6)7/h9H,3-8H2,1-2H3;2-3H2,1H3,(H2,6,7). The zero-order chi connectivity index (χ0) is 12.8. The van der Waals surface area contributed by atoms with Crippen molar-refractivity contribution in [2.75, 3.05) is 13.1 Å². The number of unbranched alkanes of at least 4 members (excludes halogenated alkanes) is 2. The molecule has 0 aliphatic heterocycles. The molecule has 0 saturated carbocycles. The second-order valence-electron chi connectivity index (χ2n) is 3.78. The van der Waals surface area contributed by atoms with Crippen molar-refractivity contribution in [2.45, 2.75) is 52.9 Å². The molecular formula is C13H28N2O. The normalized spacial score (nSPS) is 9.19. The van der Waals surface area contributed by atoms with Gasteiger partial charge in [0.15, 0.2) is 0 Å². The van der Waals surface area contributed by atoms with Crippen molar-refractivity contribution in [2.24, 2.45) is 5.73 Å². The Morgan fingerprint density at radius 1 is 1.12 bits per heavy atom. The molecule has 3 nitrogen and oxygen atoms in total. The number of nitrogens with two attached hydrogens (primary N) is 1. The van der Waals surface area contributed by atoms with Gasteiger partial charge in [0, 0.05) is 5.57 Å². The van der Waals surface area contributed by atoms with Crippen LogP contribution in [0.2, 0.25) is 0 Å². The summed E-state index contributed by atoms with van der Waals surface area (Å²) in [7, 11) is 0. The minimum absolute atomic E-state index is 0.400. The first-order chi connectivity index (χ1) is 7.59. The lowest BCUT2D eigenvalue weighted by molar-refractivity contribution is -0.114. The van der Waals surface area contributed by atoms with Gasteiger partial charge in [-0.3, -0.25) is 4.79 Å². The maximum absolute atomic E-state index is 10.1. The number of nitrogens with one attached hydrogen (secondary N) is 1. The quantitative estimate of drug-likeness (QED) is 0.495. The Balaban J connectivity index is 0. The Bertz CT molecular complexity index is 173. The summed E-state index contributed by atoms with van der Waals surface area (Å²) in [6.07, 6.45) is 5.90. The molecule has 0 aromatic rings. The second-order valence-corrected chi connectivity index (χ2v) is 3.78. The number of carbonyl (C=O) groups excluding carboxylic acids is 1. The summed E-state index contributed by atoms with van der Waals surface area (Å²) in [6.45, 7) is 12.1. The Morgan fingerprint density at radius 3 is 1.75 bits per heavy atom. The highest BCUT2D eigenvalue weighted by molar-refractivity contribution is 5.91. The van der Waals surface area contributed by atoms with Gasteiger partial charge >= 0.3 is 0 Å². The predicted molar refractivity (Wildman–Crippen MR) is 71.3 cm³/mol. The smallest absolute Gasteiger partial charge is 0.244 e. The van der Waals surface area contributed by atoms with E-state index < -0.39 is 5.91 Å². The van der Waals surface area contributed by atoms with Crippen LogP contribution in [0.5, 0.6) is 0 Å². The number of hydrogen-bond acceptors (Lipinski definition) is 2. The van der Waals surface area contributed by atoms with Crippen LogP contribution in [0.3, 0.4) is 0 Å². The van der Waals surface area contributed by atoms with Crippen molar-refractivity contribution in [3.8, 4) is 0 Å². The van der Waals surface area contributed by atoms with Crippen molar-refractivity contribution < 1.29 is 4.79 Å². The zero-order valence-electron chi connectivity index (χ0n) is 11.1. The fraction of sp³-hybridized carbons (Fsp3) is 0.769. The van der Waals surface area contributed by atoms with Crippen LogP contribution in [0.15, 0.2) is 12.2 Å². The van der Waals surface area contributed by atoms with Crippen LogP contribution in [0, 0.1) is 0 Å². The molecule has 0 atom stereocenters. The van der Waals surface area contributed by atoms with Gasteiger partial charge in [-0.2, -0.15) is 0 Å². The van der Waals surface area contributed by atoms with Crippen molar-refractivity contribution in [1.82, 2.24) is 5.32 Å². The van der Waals surface area contributed by atoms with Crippen molar-refractivity contribution in [3.63, 3.8) is 0 Å². The molecule has 1 amide bonds. The SMILES string of the molecule is C=C(CC)C(N)=O.CCCCNCCCC. The predicted octanol–water partition coefficient (Wildman–Crippen LogP) is 2.61. The molecule has 0 heterocycles. The zero-order valence-corrected chi connectivity index (χ0v) is 11.1. The molecule has 0 rings (SSSR count). The van der Waals surface area contributed by atoms with Crippen LogP contribution in [0.25, 0.3) is 0 Å². The molecule has 0 radical (unpaired) electrons. The molecule has 96 valence electrons.